The summed E-state index contributed by atoms with van der Waals surface area (Å²) in [7, 11) is 1.59. The second-order valence-electron chi connectivity index (χ2n) is 6.49. The van der Waals surface area contributed by atoms with Crippen LogP contribution in [0.2, 0.25) is 0 Å². The molecule has 2 aromatic carbocycles. The molecule has 0 N–H and O–H groups in total. The van der Waals surface area contributed by atoms with E-state index < -0.39 is 0 Å². The average Bonchev–Trinajstić information content (AvgIpc) is 3.16. The number of aryl methyl sites for hydroxylation is 1. The van der Waals surface area contributed by atoms with Gasteiger partial charge in [0, 0.05) is 12.5 Å². The number of benzene rings is 2. The quantitative estimate of drug-likeness (QED) is 0.660. The van der Waals surface area contributed by atoms with E-state index in [1.807, 2.05) is 49.4 Å². The maximum absolute atomic E-state index is 12.8. The second-order valence-corrected chi connectivity index (χ2v) is 7.50. The Hall–Kier alpha value is -2.73. The molecule has 0 unspecified atom stereocenters. The van der Waals surface area contributed by atoms with Crippen molar-refractivity contribution < 1.29 is 14.3 Å². The highest BCUT2D eigenvalue weighted by Gasteiger charge is 2.40. The van der Waals surface area contributed by atoms with Crippen LogP contribution < -0.4 is 9.64 Å². The van der Waals surface area contributed by atoms with Crippen molar-refractivity contribution >= 4 is 38.5 Å². The van der Waals surface area contributed by atoms with Crippen LogP contribution in [0.5, 0.6) is 5.75 Å². The number of hydrogen-bond donors (Lipinski definition) is 0. The monoisotopic (exact) mass is 366 g/mol. The van der Waals surface area contributed by atoms with E-state index >= 15 is 0 Å². The third-order valence-corrected chi connectivity index (χ3v) is 5.64. The molecular formula is C20H18N2O3S. The molecule has 26 heavy (non-hydrogen) atoms. The highest BCUT2D eigenvalue weighted by molar-refractivity contribution is 7.22. The third-order valence-electron chi connectivity index (χ3n) is 4.62. The van der Waals surface area contributed by atoms with Crippen molar-refractivity contribution in [2.75, 3.05) is 12.0 Å². The van der Waals surface area contributed by atoms with Crippen molar-refractivity contribution in [3.05, 3.63) is 53.6 Å². The van der Waals surface area contributed by atoms with Crippen molar-refractivity contribution in [3.8, 4) is 5.75 Å². The molecule has 1 atom stereocenters. The van der Waals surface area contributed by atoms with Gasteiger partial charge < -0.3 is 4.74 Å². The fourth-order valence-electron chi connectivity index (χ4n) is 3.18. The number of nitrogens with zero attached hydrogens (tertiary/aromatic N) is 2. The molecule has 4 rings (SSSR count). The van der Waals surface area contributed by atoms with Crippen LogP contribution in [0.25, 0.3) is 10.2 Å². The van der Waals surface area contributed by atoms with Gasteiger partial charge in [0.25, 0.3) is 0 Å². The smallest absolute Gasteiger partial charge is 0.239 e. The number of ether oxygens (including phenoxy) is 1. The Labute approximate surface area is 155 Å². The molecule has 5 nitrogen and oxygen atoms in total. The van der Waals surface area contributed by atoms with Gasteiger partial charge in [-0.05, 0) is 31.0 Å². The van der Waals surface area contributed by atoms with Crippen LogP contribution in [0.1, 0.15) is 17.5 Å². The predicted octanol–water partition coefficient (Wildman–Crippen LogP) is 3.74. The first-order chi connectivity index (χ1) is 12.5. The first-order valence-corrected chi connectivity index (χ1v) is 9.24. The van der Waals surface area contributed by atoms with Crippen LogP contribution in [-0.4, -0.2) is 23.9 Å². The molecule has 3 aromatic rings. The topological polar surface area (TPSA) is 59.5 Å². The summed E-state index contributed by atoms with van der Waals surface area (Å²) < 4.78 is 6.13. The van der Waals surface area contributed by atoms with E-state index in [0.717, 1.165) is 15.8 Å². The van der Waals surface area contributed by atoms with E-state index in [-0.39, 0.29) is 24.2 Å². The van der Waals surface area contributed by atoms with Crippen molar-refractivity contribution in [2.45, 2.75) is 19.8 Å². The fraction of sp³-hybridized carbons (Fsp3) is 0.250. The lowest BCUT2D eigenvalue weighted by Gasteiger charge is -2.11. The highest BCUT2D eigenvalue weighted by atomic mass is 32.1. The second kappa shape index (κ2) is 6.53. The van der Waals surface area contributed by atoms with Gasteiger partial charge >= 0.3 is 0 Å². The summed E-state index contributed by atoms with van der Waals surface area (Å²) in [5.74, 6) is 0.0251. The number of fused-ring (bicyclic) bond motifs is 1. The zero-order chi connectivity index (χ0) is 18.3. The number of carbonyl (C=O) groups excluding carboxylic acids is 2. The predicted molar refractivity (Wildman–Crippen MR) is 102 cm³/mol. The maximum atomic E-state index is 12.8. The minimum atomic E-state index is -0.327. The van der Waals surface area contributed by atoms with Gasteiger partial charge in [0.2, 0.25) is 11.8 Å². The molecule has 0 spiro atoms. The zero-order valence-corrected chi connectivity index (χ0v) is 15.4. The van der Waals surface area contributed by atoms with Crippen molar-refractivity contribution in [1.29, 1.82) is 0 Å². The molecule has 1 saturated heterocycles. The average molecular weight is 366 g/mol. The number of rotatable bonds is 4. The van der Waals surface area contributed by atoms with Gasteiger partial charge in [-0.25, -0.2) is 9.88 Å². The minimum absolute atomic E-state index is 0.165. The molecule has 6 heteroatoms. The Kier molecular flexibility index (Phi) is 4.20. The number of imide groups is 1. The SMILES string of the molecule is COc1ccc2sc(N3C(=O)C[C@H](Cc4ccc(C)cc4)C3=O)nc2c1. The van der Waals surface area contributed by atoms with Crippen molar-refractivity contribution in [3.63, 3.8) is 0 Å². The first-order valence-electron chi connectivity index (χ1n) is 8.42. The lowest BCUT2D eigenvalue weighted by molar-refractivity contribution is -0.122. The van der Waals surface area contributed by atoms with Gasteiger partial charge in [0.05, 0.1) is 23.2 Å². The number of thiazole rings is 1. The molecule has 1 aliphatic heterocycles. The Morgan fingerprint density at radius 2 is 1.96 bits per heavy atom. The normalized spacial score (nSPS) is 17.3. The van der Waals surface area contributed by atoms with Crippen LogP contribution in [0, 0.1) is 12.8 Å². The van der Waals surface area contributed by atoms with E-state index in [1.54, 1.807) is 7.11 Å². The summed E-state index contributed by atoms with van der Waals surface area (Å²) in [6, 6.07) is 13.6. The lowest BCUT2D eigenvalue weighted by atomic mass is 9.97. The molecule has 0 bridgehead atoms. The largest absolute Gasteiger partial charge is 0.497 e. The molecule has 1 fully saturated rings. The number of aromatic nitrogens is 1. The fourth-order valence-corrected chi connectivity index (χ4v) is 4.15. The van der Waals surface area contributed by atoms with Crippen LogP contribution in [0.3, 0.4) is 0 Å². The first kappa shape index (κ1) is 16.7. The molecule has 132 valence electrons. The van der Waals surface area contributed by atoms with Crippen LogP contribution in [0.15, 0.2) is 42.5 Å². The van der Waals surface area contributed by atoms with Crippen LogP contribution in [-0.2, 0) is 16.0 Å². The standard InChI is InChI=1S/C20H18N2O3S/c1-12-3-5-13(6-4-12)9-14-10-18(23)22(19(14)24)20-21-16-11-15(25-2)7-8-17(16)26-20/h3-8,11,14H,9-10H2,1-2H3/t14-/m0/s1. The lowest BCUT2D eigenvalue weighted by Crippen LogP contribution is -2.30. The maximum Gasteiger partial charge on any atom is 0.239 e. The molecule has 2 amide bonds. The highest BCUT2D eigenvalue weighted by Crippen LogP contribution is 2.35. The zero-order valence-electron chi connectivity index (χ0n) is 14.6. The van der Waals surface area contributed by atoms with Crippen molar-refractivity contribution in [2.24, 2.45) is 5.92 Å². The number of anilines is 1. The number of carbonyl (C=O) groups is 2. The molecular weight excluding hydrogens is 348 g/mol. The van der Waals surface area contributed by atoms with E-state index in [9.17, 15) is 9.59 Å². The van der Waals surface area contributed by atoms with E-state index in [2.05, 4.69) is 4.98 Å². The van der Waals surface area contributed by atoms with E-state index in [0.29, 0.717) is 17.3 Å². The van der Waals surface area contributed by atoms with E-state index in [4.69, 9.17) is 4.74 Å². The third kappa shape index (κ3) is 2.97. The molecule has 0 radical (unpaired) electrons. The Balaban J connectivity index is 1.59. The van der Waals surface area contributed by atoms with Crippen molar-refractivity contribution in [1.82, 2.24) is 4.98 Å². The molecule has 0 saturated carbocycles. The summed E-state index contributed by atoms with van der Waals surface area (Å²) in [6.45, 7) is 2.03. The Morgan fingerprint density at radius 1 is 1.19 bits per heavy atom. The molecule has 0 aliphatic carbocycles. The van der Waals surface area contributed by atoms with Gasteiger partial charge in [-0.2, -0.15) is 0 Å². The minimum Gasteiger partial charge on any atom is -0.497 e. The summed E-state index contributed by atoms with van der Waals surface area (Å²) in [4.78, 5) is 31.0. The van der Waals surface area contributed by atoms with Gasteiger partial charge in [-0.3, -0.25) is 9.59 Å². The Bertz CT molecular complexity index is 994. The van der Waals surface area contributed by atoms with Gasteiger partial charge in [-0.1, -0.05) is 41.2 Å². The molecule has 1 aliphatic rings. The van der Waals surface area contributed by atoms with E-state index in [1.165, 1.54) is 21.8 Å². The summed E-state index contributed by atoms with van der Waals surface area (Å²) in [5, 5.41) is 0.439. The Morgan fingerprint density at radius 3 is 2.69 bits per heavy atom. The number of amides is 2. The number of methoxy groups -OCH3 is 1. The number of hydrogen-bond acceptors (Lipinski definition) is 5. The van der Waals surface area contributed by atoms with Crippen LogP contribution in [0.4, 0.5) is 5.13 Å². The summed E-state index contributed by atoms with van der Waals surface area (Å²) >= 11 is 1.35. The van der Waals surface area contributed by atoms with Gasteiger partial charge in [0.15, 0.2) is 5.13 Å². The molecule has 1 aromatic heterocycles. The summed E-state index contributed by atoms with van der Waals surface area (Å²) in [5.41, 5.74) is 2.97. The van der Waals surface area contributed by atoms with Crippen LogP contribution >= 0.6 is 11.3 Å². The summed E-state index contributed by atoms with van der Waals surface area (Å²) in [6.07, 6.45) is 0.798. The van der Waals surface area contributed by atoms with Gasteiger partial charge in [0.1, 0.15) is 5.75 Å². The van der Waals surface area contributed by atoms with Gasteiger partial charge in [-0.15, -0.1) is 0 Å². The molecule has 2 heterocycles.